The lowest BCUT2D eigenvalue weighted by molar-refractivity contribution is 0.317. The molecule has 0 spiro atoms. The van der Waals surface area contributed by atoms with Crippen molar-refractivity contribution in [2.24, 2.45) is 0 Å². The first-order chi connectivity index (χ1) is 10.3. The first-order valence-corrected chi connectivity index (χ1v) is 7.69. The van der Waals surface area contributed by atoms with E-state index in [0.717, 1.165) is 25.7 Å². The van der Waals surface area contributed by atoms with E-state index in [2.05, 4.69) is 58.6 Å². The zero-order valence-electron chi connectivity index (χ0n) is 12.6. The molecule has 3 nitrogen and oxygen atoms in total. The lowest BCUT2D eigenvalue weighted by atomic mass is 10.1. The highest BCUT2D eigenvalue weighted by Gasteiger charge is 2.20. The van der Waals surface area contributed by atoms with E-state index in [9.17, 15) is 0 Å². The van der Waals surface area contributed by atoms with Gasteiger partial charge in [0.05, 0.1) is 0 Å². The molecule has 0 unspecified atom stereocenters. The van der Waals surface area contributed by atoms with Gasteiger partial charge in [-0.1, -0.05) is 24.3 Å². The molecule has 2 aromatic rings. The van der Waals surface area contributed by atoms with Gasteiger partial charge in [-0.2, -0.15) is 0 Å². The van der Waals surface area contributed by atoms with Crippen molar-refractivity contribution in [3.05, 3.63) is 65.5 Å². The largest absolute Gasteiger partial charge is 0.310 e. The highest BCUT2D eigenvalue weighted by atomic mass is 15.1. The van der Waals surface area contributed by atoms with Crippen molar-refractivity contribution in [2.75, 3.05) is 7.05 Å². The van der Waals surface area contributed by atoms with E-state index in [-0.39, 0.29) is 0 Å². The van der Waals surface area contributed by atoms with Gasteiger partial charge >= 0.3 is 0 Å². The predicted octanol–water partition coefficient (Wildman–Crippen LogP) is 2.97. The number of benzene rings is 1. The molecule has 1 aromatic heterocycles. The fraction of sp³-hybridized carbons (Fsp3) is 0.389. The monoisotopic (exact) mass is 281 g/mol. The number of hydrogen-bond acceptors (Lipinski definition) is 3. The Kier molecular flexibility index (Phi) is 4.63. The molecule has 3 heteroatoms. The molecule has 0 atom stereocenters. The maximum absolute atomic E-state index is 4.07. The van der Waals surface area contributed by atoms with Crippen molar-refractivity contribution >= 4 is 0 Å². The molecular formula is C18H23N3. The van der Waals surface area contributed by atoms with E-state index in [1.807, 2.05) is 12.4 Å². The van der Waals surface area contributed by atoms with Crippen LogP contribution in [0, 0.1) is 0 Å². The van der Waals surface area contributed by atoms with Crippen LogP contribution in [0.4, 0.5) is 0 Å². The van der Waals surface area contributed by atoms with Crippen molar-refractivity contribution in [3.8, 4) is 0 Å². The van der Waals surface area contributed by atoms with Crippen LogP contribution < -0.4 is 5.32 Å². The average Bonchev–Trinajstić information content (AvgIpc) is 3.31. The number of nitrogens with zero attached hydrogens (tertiary/aromatic N) is 2. The normalized spacial score (nSPS) is 14.6. The molecule has 3 rings (SSSR count). The summed E-state index contributed by atoms with van der Waals surface area (Å²) in [4.78, 5) is 6.42. The Bertz CT molecular complexity index is 564. The van der Waals surface area contributed by atoms with Crippen LogP contribution in [-0.4, -0.2) is 23.0 Å². The summed E-state index contributed by atoms with van der Waals surface area (Å²) < 4.78 is 0. The lowest BCUT2D eigenvalue weighted by Crippen LogP contribution is -2.21. The smallest absolute Gasteiger partial charge is 0.0271 e. The van der Waals surface area contributed by atoms with Crippen LogP contribution in [0.1, 0.15) is 29.5 Å². The Balaban J connectivity index is 1.60. The first kappa shape index (κ1) is 14.2. The fourth-order valence-corrected chi connectivity index (χ4v) is 2.57. The Morgan fingerprint density at radius 1 is 1.05 bits per heavy atom. The summed E-state index contributed by atoms with van der Waals surface area (Å²) in [6.45, 7) is 2.92. The number of aromatic nitrogens is 1. The average molecular weight is 281 g/mol. The molecule has 1 aromatic carbocycles. The van der Waals surface area contributed by atoms with Crippen LogP contribution in [0.2, 0.25) is 0 Å². The summed E-state index contributed by atoms with van der Waals surface area (Å²) in [7, 11) is 2.17. The molecule has 1 N–H and O–H groups in total. The third-order valence-electron chi connectivity index (χ3n) is 3.92. The molecule has 0 aliphatic heterocycles. The van der Waals surface area contributed by atoms with Gasteiger partial charge in [-0.05, 0) is 48.7 Å². The van der Waals surface area contributed by atoms with Crippen LogP contribution >= 0.6 is 0 Å². The molecule has 1 aliphatic carbocycles. The predicted molar refractivity (Wildman–Crippen MR) is 85.7 cm³/mol. The standard InChI is InChI=1S/C18H23N3/c1-21(13-15-8-10-19-11-9-15)14-17-5-3-2-4-16(17)12-20-18-6-7-18/h2-5,8-11,18,20H,6-7,12-14H2,1H3. The lowest BCUT2D eigenvalue weighted by Gasteiger charge is -2.19. The van der Waals surface area contributed by atoms with Crippen molar-refractivity contribution in [3.63, 3.8) is 0 Å². The number of hydrogen-bond donors (Lipinski definition) is 1. The van der Waals surface area contributed by atoms with Crippen LogP contribution in [0.3, 0.4) is 0 Å². The van der Waals surface area contributed by atoms with Gasteiger partial charge in [-0.15, -0.1) is 0 Å². The number of nitrogens with one attached hydrogen (secondary N) is 1. The van der Waals surface area contributed by atoms with E-state index in [1.165, 1.54) is 29.5 Å². The van der Waals surface area contributed by atoms with Gasteiger partial charge in [0.15, 0.2) is 0 Å². The number of pyridine rings is 1. The van der Waals surface area contributed by atoms with Crippen molar-refractivity contribution in [1.82, 2.24) is 15.2 Å². The van der Waals surface area contributed by atoms with Crippen LogP contribution in [0.15, 0.2) is 48.8 Å². The SMILES string of the molecule is CN(Cc1ccncc1)Cc1ccccc1CNC1CC1. The Morgan fingerprint density at radius 2 is 1.76 bits per heavy atom. The molecule has 1 aliphatic rings. The second-order valence-electron chi connectivity index (χ2n) is 5.95. The second kappa shape index (κ2) is 6.83. The fourth-order valence-electron chi connectivity index (χ4n) is 2.57. The molecule has 21 heavy (non-hydrogen) atoms. The van der Waals surface area contributed by atoms with Crippen molar-refractivity contribution in [2.45, 2.75) is 38.5 Å². The third-order valence-corrected chi connectivity index (χ3v) is 3.92. The quantitative estimate of drug-likeness (QED) is 0.845. The summed E-state index contributed by atoms with van der Waals surface area (Å²) >= 11 is 0. The van der Waals surface area contributed by atoms with Crippen molar-refractivity contribution in [1.29, 1.82) is 0 Å². The molecular weight excluding hydrogens is 258 g/mol. The van der Waals surface area contributed by atoms with Gasteiger partial charge in [-0.25, -0.2) is 0 Å². The minimum absolute atomic E-state index is 0.757. The minimum Gasteiger partial charge on any atom is -0.310 e. The molecule has 110 valence electrons. The van der Waals surface area contributed by atoms with E-state index in [4.69, 9.17) is 0 Å². The van der Waals surface area contributed by atoms with Crippen LogP contribution in [-0.2, 0) is 19.6 Å². The maximum atomic E-state index is 4.07. The van der Waals surface area contributed by atoms with Gasteiger partial charge in [0, 0.05) is 38.1 Å². The Labute approximate surface area is 127 Å². The van der Waals surface area contributed by atoms with Gasteiger partial charge in [0.25, 0.3) is 0 Å². The summed E-state index contributed by atoms with van der Waals surface area (Å²) in [5, 5.41) is 3.61. The third kappa shape index (κ3) is 4.38. The zero-order chi connectivity index (χ0) is 14.5. The zero-order valence-corrected chi connectivity index (χ0v) is 12.6. The van der Waals surface area contributed by atoms with Crippen molar-refractivity contribution < 1.29 is 0 Å². The second-order valence-corrected chi connectivity index (χ2v) is 5.95. The van der Waals surface area contributed by atoms with Gasteiger partial charge in [0.1, 0.15) is 0 Å². The Hall–Kier alpha value is -1.71. The molecule has 0 amide bonds. The highest BCUT2D eigenvalue weighted by molar-refractivity contribution is 5.27. The molecule has 0 saturated heterocycles. The summed E-state index contributed by atoms with van der Waals surface area (Å²) in [6, 6.07) is 13.7. The van der Waals surface area contributed by atoms with E-state index >= 15 is 0 Å². The Morgan fingerprint density at radius 3 is 2.48 bits per heavy atom. The number of rotatable bonds is 7. The summed E-state index contributed by atoms with van der Waals surface area (Å²) in [5.41, 5.74) is 4.15. The van der Waals surface area contributed by atoms with E-state index < -0.39 is 0 Å². The van der Waals surface area contributed by atoms with E-state index in [0.29, 0.717) is 0 Å². The molecule has 1 heterocycles. The topological polar surface area (TPSA) is 28.2 Å². The van der Waals surface area contributed by atoms with Gasteiger partial charge < -0.3 is 5.32 Å². The van der Waals surface area contributed by atoms with Crippen LogP contribution in [0.5, 0.6) is 0 Å². The first-order valence-electron chi connectivity index (χ1n) is 7.69. The summed E-state index contributed by atoms with van der Waals surface area (Å²) in [6.07, 6.45) is 6.39. The molecule has 1 saturated carbocycles. The molecule has 1 fully saturated rings. The maximum Gasteiger partial charge on any atom is 0.0271 e. The molecule has 0 bridgehead atoms. The molecule has 0 radical (unpaired) electrons. The minimum atomic E-state index is 0.757. The van der Waals surface area contributed by atoms with E-state index in [1.54, 1.807) is 0 Å². The van der Waals surface area contributed by atoms with Gasteiger partial charge in [-0.3, -0.25) is 9.88 Å². The van der Waals surface area contributed by atoms with Gasteiger partial charge in [0.2, 0.25) is 0 Å². The summed E-state index contributed by atoms with van der Waals surface area (Å²) in [5.74, 6) is 0. The van der Waals surface area contributed by atoms with Crippen LogP contribution in [0.25, 0.3) is 0 Å². The highest BCUT2D eigenvalue weighted by Crippen LogP contribution is 2.20.